The van der Waals surface area contributed by atoms with E-state index < -0.39 is 4.92 Å². The Bertz CT molecular complexity index is 990. The second-order valence-electron chi connectivity index (χ2n) is 7.90. The van der Waals surface area contributed by atoms with E-state index in [1.807, 2.05) is 10.3 Å². The molecule has 2 saturated heterocycles. The molecule has 2 aliphatic heterocycles. The van der Waals surface area contributed by atoms with Crippen LogP contribution in [0.1, 0.15) is 23.7 Å². The Morgan fingerprint density at radius 3 is 2.38 bits per heavy atom. The SMILES string of the molecule is CC(=O)N1CCN(c2ccc(C(=O)N3CCCN(c4nccs4)CC3)cc2[N+](=O)[O-])CC1. The van der Waals surface area contributed by atoms with Gasteiger partial charge in [0.25, 0.3) is 11.6 Å². The van der Waals surface area contributed by atoms with Crippen LogP contribution in [0.4, 0.5) is 16.5 Å². The smallest absolute Gasteiger partial charge is 0.293 e. The van der Waals surface area contributed by atoms with Crippen molar-refractivity contribution in [1.82, 2.24) is 14.8 Å². The maximum absolute atomic E-state index is 13.1. The van der Waals surface area contributed by atoms with Crippen molar-refractivity contribution in [3.05, 3.63) is 45.5 Å². The number of hydrogen-bond donors (Lipinski definition) is 0. The Balaban J connectivity index is 1.48. The second kappa shape index (κ2) is 9.51. The molecule has 32 heavy (non-hydrogen) atoms. The number of carbonyl (C=O) groups is 2. The van der Waals surface area contributed by atoms with Gasteiger partial charge in [0.05, 0.1) is 4.92 Å². The van der Waals surface area contributed by atoms with E-state index in [1.165, 1.54) is 13.0 Å². The van der Waals surface area contributed by atoms with Crippen LogP contribution in [-0.2, 0) is 4.79 Å². The summed E-state index contributed by atoms with van der Waals surface area (Å²) in [6, 6.07) is 4.72. The summed E-state index contributed by atoms with van der Waals surface area (Å²) in [5.74, 6) is -0.187. The van der Waals surface area contributed by atoms with Crippen LogP contribution >= 0.6 is 11.3 Å². The number of nitrogens with zero attached hydrogens (tertiary/aromatic N) is 6. The van der Waals surface area contributed by atoms with Crippen molar-refractivity contribution in [2.24, 2.45) is 0 Å². The standard InChI is InChI=1S/C21H26N6O4S/c1-16(28)23-8-10-24(11-9-23)18-4-3-17(15-19(18)27(30)31)20(29)25-6-2-7-26(13-12-25)21-22-5-14-32-21/h3-5,14-15H,2,6-13H2,1H3. The third-order valence-corrected chi connectivity index (χ3v) is 6.79. The van der Waals surface area contributed by atoms with Crippen molar-refractivity contribution in [3.8, 4) is 0 Å². The predicted octanol–water partition coefficient (Wildman–Crippen LogP) is 2.07. The largest absolute Gasteiger partial charge is 0.362 e. The third-order valence-electron chi connectivity index (χ3n) is 5.96. The molecular formula is C21H26N6O4S. The van der Waals surface area contributed by atoms with E-state index in [2.05, 4.69) is 9.88 Å². The lowest BCUT2D eigenvalue weighted by Gasteiger charge is -2.35. The van der Waals surface area contributed by atoms with Crippen molar-refractivity contribution in [2.45, 2.75) is 13.3 Å². The number of carbonyl (C=O) groups excluding carboxylic acids is 2. The number of thiazole rings is 1. The van der Waals surface area contributed by atoms with Gasteiger partial charge in [0, 0.05) is 82.5 Å². The number of benzene rings is 1. The fourth-order valence-corrected chi connectivity index (χ4v) is 4.90. The fourth-order valence-electron chi connectivity index (χ4n) is 4.20. The molecule has 0 aliphatic carbocycles. The number of amides is 2. The van der Waals surface area contributed by atoms with Gasteiger partial charge in [-0.15, -0.1) is 11.3 Å². The molecule has 2 fully saturated rings. The van der Waals surface area contributed by atoms with Gasteiger partial charge in [-0.25, -0.2) is 4.98 Å². The molecule has 1 aromatic carbocycles. The fraction of sp³-hybridized carbons (Fsp3) is 0.476. The van der Waals surface area contributed by atoms with E-state index in [0.29, 0.717) is 57.1 Å². The van der Waals surface area contributed by atoms with Gasteiger partial charge in [0.1, 0.15) is 5.69 Å². The zero-order chi connectivity index (χ0) is 22.7. The minimum atomic E-state index is -0.434. The number of piperazine rings is 1. The van der Waals surface area contributed by atoms with Gasteiger partial charge in [-0.05, 0) is 18.6 Å². The monoisotopic (exact) mass is 458 g/mol. The van der Waals surface area contributed by atoms with E-state index in [1.54, 1.807) is 39.5 Å². The van der Waals surface area contributed by atoms with E-state index in [4.69, 9.17) is 0 Å². The van der Waals surface area contributed by atoms with E-state index in [0.717, 1.165) is 18.1 Å². The van der Waals surface area contributed by atoms with Gasteiger partial charge >= 0.3 is 0 Å². The number of rotatable bonds is 4. The quantitative estimate of drug-likeness (QED) is 0.510. The average molecular weight is 459 g/mol. The molecule has 0 unspecified atom stereocenters. The summed E-state index contributed by atoms with van der Waals surface area (Å²) in [6.45, 7) is 6.26. The molecule has 4 rings (SSSR count). The van der Waals surface area contributed by atoms with Crippen LogP contribution in [0.5, 0.6) is 0 Å². The first kappa shape index (κ1) is 22.0. The highest BCUT2D eigenvalue weighted by molar-refractivity contribution is 7.13. The van der Waals surface area contributed by atoms with Crippen LogP contribution in [0.25, 0.3) is 0 Å². The van der Waals surface area contributed by atoms with Gasteiger partial charge in [0.2, 0.25) is 5.91 Å². The Hall–Kier alpha value is -3.21. The molecule has 2 amide bonds. The predicted molar refractivity (Wildman–Crippen MR) is 122 cm³/mol. The summed E-state index contributed by atoms with van der Waals surface area (Å²) in [5, 5.41) is 14.7. The summed E-state index contributed by atoms with van der Waals surface area (Å²) in [5.41, 5.74) is 0.734. The topological polar surface area (TPSA) is 103 Å². The van der Waals surface area contributed by atoms with E-state index >= 15 is 0 Å². The van der Waals surface area contributed by atoms with E-state index in [-0.39, 0.29) is 17.5 Å². The number of nitro benzene ring substituents is 1. The summed E-state index contributed by atoms with van der Waals surface area (Å²) < 4.78 is 0. The van der Waals surface area contributed by atoms with Crippen LogP contribution in [-0.4, -0.2) is 83.9 Å². The summed E-state index contributed by atoms with van der Waals surface area (Å²) in [4.78, 5) is 48.0. The zero-order valence-corrected chi connectivity index (χ0v) is 18.8. The van der Waals surface area contributed by atoms with E-state index in [9.17, 15) is 19.7 Å². The molecule has 0 N–H and O–H groups in total. The van der Waals surface area contributed by atoms with Gasteiger partial charge in [-0.3, -0.25) is 19.7 Å². The Morgan fingerprint density at radius 1 is 1.00 bits per heavy atom. The lowest BCUT2D eigenvalue weighted by atomic mass is 10.1. The minimum absolute atomic E-state index is 0.00553. The molecule has 0 bridgehead atoms. The lowest BCUT2D eigenvalue weighted by molar-refractivity contribution is -0.384. The summed E-state index contributed by atoms with van der Waals surface area (Å²) in [6.07, 6.45) is 2.58. The molecule has 0 radical (unpaired) electrons. The van der Waals surface area contributed by atoms with Crippen molar-refractivity contribution in [1.29, 1.82) is 0 Å². The molecule has 2 aromatic rings. The van der Waals surface area contributed by atoms with Crippen molar-refractivity contribution in [3.63, 3.8) is 0 Å². The normalized spacial score (nSPS) is 17.3. The van der Waals surface area contributed by atoms with Gasteiger partial charge in [0.15, 0.2) is 5.13 Å². The first-order chi connectivity index (χ1) is 15.4. The Labute approximate surface area is 190 Å². The van der Waals surface area contributed by atoms with Gasteiger partial charge in [-0.2, -0.15) is 0 Å². The van der Waals surface area contributed by atoms with Crippen molar-refractivity contribution < 1.29 is 14.5 Å². The maximum Gasteiger partial charge on any atom is 0.293 e. The average Bonchev–Trinajstić information content (AvgIpc) is 3.23. The van der Waals surface area contributed by atoms with Crippen LogP contribution in [0.15, 0.2) is 29.8 Å². The lowest BCUT2D eigenvalue weighted by Crippen LogP contribution is -2.48. The summed E-state index contributed by atoms with van der Waals surface area (Å²) in [7, 11) is 0. The number of hydrogen-bond acceptors (Lipinski definition) is 8. The van der Waals surface area contributed by atoms with Crippen LogP contribution in [0.3, 0.4) is 0 Å². The molecular weight excluding hydrogens is 432 g/mol. The van der Waals surface area contributed by atoms with Gasteiger partial charge < -0.3 is 19.6 Å². The van der Waals surface area contributed by atoms with Gasteiger partial charge in [-0.1, -0.05) is 0 Å². The molecule has 0 saturated carbocycles. The minimum Gasteiger partial charge on any atom is -0.362 e. The number of anilines is 2. The second-order valence-corrected chi connectivity index (χ2v) is 8.77. The molecule has 2 aliphatic rings. The third kappa shape index (κ3) is 4.67. The van der Waals surface area contributed by atoms with Crippen LogP contribution < -0.4 is 9.80 Å². The molecule has 3 heterocycles. The Kier molecular flexibility index (Phi) is 6.54. The molecule has 11 heteroatoms. The highest BCUT2D eigenvalue weighted by atomic mass is 32.1. The first-order valence-corrected chi connectivity index (χ1v) is 11.5. The van der Waals surface area contributed by atoms with Crippen molar-refractivity contribution in [2.75, 3.05) is 62.2 Å². The highest BCUT2D eigenvalue weighted by Gasteiger charge is 2.28. The van der Waals surface area contributed by atoms with Crippen molar-refractivity contribution >= 4 is 39.7 Å². The number of aromatic nitrogens is 1. The first-order valence-electron chi connectivity index (χ1n) is 10.7. The van der Waals surface area contributed by atoms with Crippen LogP contribution in [0, 0.1) is 10.1 Å². The summed E-state index contributed by atoms with van der Waals surface area (Å²) >= 11 is 1.58. The molecule has 1 aromatic heterocycles. The molecule has 0 atom stereocenters. The van der Waals surface area contributed by atoms with Crippen LogP contribution in [0.2, 0.25) is 0 Å². The zero-order valence-electron chi connectivity index (χ0n) is 18.0. The number of nitro groups is 1. The molecule has 170 valence electrons. The molecule has 10 nitrogen and oxygen atoms in total. The Morgan fingerprint density at radius 2 is 1.72 bits per heavy atom. The maximum atomic E-state index is 13.1. The molecule has 0 spiro atoms. The highest BCUT2D eigenvalue weighted by Crippen LogP contribution is 2.31.